The summed E-state index contributed by atoms with van der Waals surface area (Å²) in [6, 6.07) is 4.54. The zero-order valence-corrected chi connectivity index (χ0v) is 14.4. The second-order valence-corrected chi connectivity index (χ2v) is 5.06. The highest BCUT2D eigenvalue weighted by molar-refractivity contribution is 6.33. The molecule has 8 heteroatoms. The number of hydrogen-bond donors (Lipinski definition) is 2. The van der Waals surface area contributed by atoms with Crippen LogP contribution in [-0.4, -0.2) is 38.6 Å². The van der Waals surface area contributed by atoms with Crippen LogP contribution in [0, 0.1) is 0 Å². The molecule has 0 heterocycles. The highest BCUT2D eigenvalue weighted by Crippen LogP contribution is 2.25. The smallest absolute Gasteiger partial charge is 0.354 e. The van der Waals surface area contributed by atoms with Crippen LogP contribution in [0.4, 0.5) is 5.69 Å². The van der Waals surface area contributed by atoms with Gasteiger partial charge in [-0.1, -0.05) is 18.5 Å². The van der Waals surface area contributed by atoms with Crippen LogP contribution in [0.5, 0.6) is 0 Å². The summed E-state index contributed by atoms with van der Waals surface area (Å²) in [5.74, 6) is -1.79. The minimum absolute atomic E-state index is 0.169. The van der Waals surface area contributed by atoms with Crippen molar-refractivity contribution in [3.05, 3.63) is 40.6 Å². The molecule has 1 aromatic carbocycles. The summed E-state index contributed by atoms with van der Waals surface area (Å²) in [6.45, 7) is 2.48. The van der Waals surface area contributed by atoms with Gasteiger partial charge in [0.2, 0.25) is 0 Å². The molecule has 0 spiro atoms. The van der Waals surface area contributed by atoms with E-state index in [0.717, 1.165) is 12.5 Å². The number of esters is 2. The second-order valence-electron chi connectivity index (χ2n) is 4.65. The number of ether oxygens (including phenoxy) is 2. The van der Waals surface area contributed by atoms with Crippen LogP contribution in [0.15, 0.2) is 30.0 Å². The Balaban J connectivity index is 3.10. The van der Waals surface area contributed by atoms with E-state index in [1.807, 2.05) is 6.92 Å². The molecular weight excluding hydrogens is 336 g/mol. The third kappa shape index (κ3) is 5.58. The molecule has 0 saturated carbocycles. The van der Waals surface area contributed by atoms with Gasteiger partial charge in [-0.25, -0.2) is 9.59 Å². The van der Waals surface area contributed by atoms with Crippen molar-refractivity contribution in [2.45, 2.75) is 13.3 Å². The number of methoxy groups -OCH3 is 2. The molecule has 24 heavy (non-hydrogen) atoms. The summed E-state index contributed by atoms with van der Waals surface area (Å²) >= 11 is 6.08. The fraction of sp³-hybridized carbons (Fsp3) is 0.312. The molecule has 130 valence electrons. The fourth-order valence-corrected chi connectivity index (χ4v) is 1.85. The molecule has 1 aromatic rings. The first kappa shape index (κ1) is 19.5. The summed E-state index contributed by atoms with van der Waals surface area (Å²) in [7, 11) is 2.35. The van der Waals surface area contributed by atoms with Crippen LogP contribution in [0.3, 0.4) is 0 Å². The molecular formula is C16H19ClN2O5. The topological polar surface area (TPSA) is 93.7 Å². The van der Waals surface area contributed by atoms with Crippen molar-refractivity contribution < 1.29 is 23.9 Å². The Bertz CT molecular complexity index is 658. The maximum atomic E-state index is 12.0. The van der Waals surface area contributed by atoms with Gasteiger partial charge in [-0.05, 0) is 24.6 Å². The van der Waals surface area contributed by atoms with Crippen molar-refractivity contribution in [1.82, 2.24) is 5.32 Å². The van der Waals surface area contributed by atoms with Crippen LogP contribution in [0.25, 0.3) is 0 Å². The van der Waals surface area contributed by atoms with Gasteiger partial charge in [-0.2, -0.15) is 0 Å². The van der Waals surface area contributed by atoms with Crippen LogP contribution >= 0.6 is 11.6 Å². The van der Waals surface area contributed by atoms with Gasteiger partial charge in [0.1, 0.15) is 5.70 Å². The van der Waals surface area contributed by atoms with E-state index < -0.39 is 11.9 Å². The average Bonchev–Trinajstić information content (AvgIpc) is 2.59. The van der Waals surface area contributed by atoms with Gasteiger partial charge in [0.05, 0.1) is 31.0 Å². The molecule has 1 amide bonds. The van der Waals surface area contributed by atoms with E-state index >= 15 is 0 Å². The first-order valence-electron chi connectivity index (χ1n) is 7.15. The Morgan fingerprint density at radius 3 is 2.50 bits per heavy atom. The summed E-state index contributed by atoms with van der Waals surface area (Å²) in [5.41, 5.74) is 0.469. The minimum atomic E-state index is -0.780. The average molecular weight is 355 g/mol. The molecule has 0 unspecified atom stereocenters. The lowest BCUT2D eigenvalue weighted by molar-refractivity contribution is -0.138. The number of anilines is 1. The summed E-state index contributed by atoms with van der Waals surface area (Å²) in [6.07, 6.45) is 1.74. The van der Waals surface area contributed by atoms with E-state index in [1.54, 1.807) is 6.07 Å². The number of hydrogen-bond acceptors (Lipinski definition) is 6. The van der Waals surface area contributed by atoms with Gasteiger partial charge >= 0.3 is 11.9 Å². The number of carbonyl (C=O) groups is 3. The van der Waals surface area contributed by atoms with Crippen LogP contribution in [0.2, 0.25) is 5.02 Å². The highest BCUT2D eigenvalue weighted by Gasteiger charge is 2.15. The van der Waals surface area contributed by atoms with E-state index in [4.69, 9.17) is 11.6 Å². The summed E-state index contributed by atoms with van der Waals surface area (Å²) in [4.78, 5) is 35.1. The number of benzene rings is 1. The molecule has 0 fully saturated rings. The molecule has 0 aliphatic heterocycles. The Kier molecular flexibility index (Phi) is 7.77. The standard InChI is InChI=1S/C16H19ClN2O5/c1-4-7-18-15(21)10-5-6-11(17)12(8-10)19-13(16(22)24-3)9-14(20)23-2/h5-6,8-9,19H,4,7H2,1-3H3,(H,18,21)/b13-9+. The van der Waals surface area contributed by atoms with Crippen molar-refractivity contribution in [2.24, 2.45) is 0 Å². The van der Waals surface area contributed by atoms with E-state index in [1.165, 1.54) is 26.4 Å². The molecule has 0 aliphatic rings. The third-order valence-corrected chi connectivity index (χ3v) is 3.23. The lowest BCUT2D eigenvalue weighted by atomic mass is 10.1. The van der Waals surface area contributed by atoms with Gasteiger partial charge in [-0.15, -0.1) is 0 Å². The van der Waals surface area contributed by atoms with E-state index in [9.17, 15) is 14.4 Å². The molecule has 0 aliphatic carbocycles. The molecule has 7 nitrogen and oxygen atoms in total. The zero-order chi connectivity index (χ0) is 18.1. The van der Waals surface area contributed by atoms with Crippen LogP contribution < -0.4 is 10.6 Å². The number of carbonyl (C=O) groups excluding carboxylic acids is 3. The van der Waals surface area contributed by atoms with E-state index in [0.29, 0.717) is 12.1 Å². The Labute approximate surface area is 145 Å². The van der Waals surface area contributed by atoms with E-state index in [-0.39, 0.29) is 22.3 Å². The first-order valence-corrected chi connectivity index (χ1v) is 7.53. The lowest BCUT2D eigenvalue weighted by Gasteiger charge is -2.12. The molecule has 0 saturated heterocycles. The van der Waals surface area contributed by atoms with E-state index in [2.05, 4.69) is 20.1 Å². The van der Waals surface area contributed by atoms with Crippen molar-refractivity contribution in [2.75, 3.05) is 26.1 Å². The second kappa shape index (κ2) is 9.57. The minimum Gasteiger partial charge on any atom is -0.466 e. The predicted octanol–water partition coefficient (Wildman–Crippen LogP) is 2.12. The zero-order valence-electron chi connectivity index (χ0n) is 13.6. The predicted molar refractivity (Wildman–Crippen MR) is 89.8 cm³/mol. The number of nitrogens with one attached hydrogen (secondary N) is 2. The largest absolute Gasteiger partial charge is 0.466 e. The van der Waals surface area contributed by atoms with Gasteiger partial charge in [0, 0.05) is 12.1 Å². The molecule has 0 radical (unpaired) electrons. The van der Waals surface area contributed by atoms with Gasteiger partial charge < -0.3 is 20.1 Å². The maximum absolute atomic E-state index is 12.0. The van der Waals surface area contributed by atoms with Crippen molar-refractivity contribution >= 4 is 35.1 Å². The number of rotatable bonds is 7. The van der Waals surface area contributed by atoms with Crippen molar-refractivity contribution in [3.8, 4) is 0 Å². The van der Waals surface area contributed by atoms with Crippen LogP contribution in [-0.2, 0) is 19.1 Å². The quantitative estimate of drug-likeness (QED) is 0.575. The maximum Gasteiger partial charge on any atom is 0.354 e. The molecule has 0 atom stereocenters. The normalized spacial score (nSPS) is 10.8. The summed E-state index contributed by atoms with van der Waals surface area (Å²) < 4.78 is 9.09. The fourth-order valence-electron chi connectivity index (χ4n) is 1.68. The Morgan fingerprint density at radius 1 is 1.21 bits per heavy atom. The lowest BCUT2D eigenvalue weighted by Crippen LogP contribution is -2.24. The molecule has 2 N–H and O–H groups in total. The highest BCUT2D eigenvalue weighted by atomic mass is 35.5. The number of amides is 1. The SMILES string of the molecule is CCCNC(=O)c1ccc(Cl)c(N/C(=C/C(=O)OC)C(=O)OC)c1. The molecule has 0 aromatic heterocycles. The summed E-state index contributed by atoms with van der Waals surface area (Å²) in [5, 5.41) is 5.69. The van der Waals surface area contributed by atoms with Gasteiger partial charge in [-0.3, -0.25) is 4.79 Å². The number of halogens is 1. The van der Waals surface area contributed by atoms with Crippen molar-refractivity contribution in [3.63, 3.8) is 0 Å². The van der Waals surface area contributed by atoms with Gasteiger partial charge in [0.25, 0.3) is 5.91 Å². The molecule has 0 bridgehead atoms. The Hall–Kier alpha value is -2.54. The molecule has 1 rings (SSSR count). The monoisotopic (exact) mass is 354 g/mol. The first-order chi connectivity index (χ1) is 11.4. The van der Waals surface area contributed by atoms with Crippen molar-refractivity contribution in [1.29, 1.82) is 0 Å². The third-order valence-electron chi connectivity index (χ3n) is 2.90. The Morgan fingerprint density at radius 2 is 1.92 bits per heavy atom. The van der Waals surface area contributed by atoms with Gasteiger partial charge in [0.15, 0.2) is 0 Å². The van der Waals surface area contributed by atoms with Crippen LogP contribution in [0.1, 0.15) is 23.7 Å².